The molecule has 0 aliphatic heterocycles. The minimum Gasteiger partial charge on any atom is -0.480 e. The summed E-state index contributed by atoms with van der Waals surface area (Å²) in [5.74, 6) is 0.0141. The van der Waals surface area contributed by atoms with Crippen LogP contribution in [0.1, 0.15) is 33.3 Å². The molecule has 0 bridgehead atoms. The summed E-state index contributed by atoms with van der Waals surface area (Å²) in [5.41, 5.74) is 4.45. The molecule has 0 saturated carbocycles. The van der Waals surface area contributed by atoms with Crippen molar-refractivity contribution in [1.29, 1.82) is 0 Å². The van der Waals surface area contributed by atoms with E-state index in [1.165, 1.54) is 22.3 Å². The first kappa shape index (κ1) is 27.1. The van der Waals surface area contributed by atoms with Crippen molar-refractivity contribution in [3.8, 4) is 16.8 Å². The number of amides is 1. The molecule has 0 aliphatic rings. The van der Waals surface area contributed by atoms with Crippen LogP contribution in [-0.2, 0) is 15.3 Å². The number of carbonyl (C=O) groups is 2. The third-order valence-corrected chi connectivity index (χ3v) is 6.77. The molecule has 36 heavy (non-hydrogen) atoms. The Balaban J connectivity index is 1.58. The van der Waals surface area contributed by atoms with Gasteiger partial charge in [0.2, 0.25) is 0 Å². The molecule has 2 N–H and O–H groups in total. The highest BCUT2D eigenvalue weighted by atomic mass is 32.2. The highest BCUT2D eigenvalue weighted by Gasteiger charge is 2.20. The Morgan fingerprint density at radius 1 is 1.00 bits per heavy atom. The number of carboxylic acid groups (broad SMARTS) is 1. The number of alkyl carbamates (subject to hydrolysis) is 1. The Hall–Kier alpha value is -3.45. The van der Waals surface area contributed by atoms with Gasteiger partial charge in [-0.3, -0.25) is 0 Å². The summed E-state index contributed by atoms with van der Waals surface area (Å²) < 4.78 is 7.21. The van der Waals surface area contributed by atoms with E-state index in [1.807, 2.05) is 27.7 Å². The molecule has 0 saturated heterocycles. The number of nitrogens with one attached hydrogen (secondary N) is 1. The van der Waals surface area contributed by atoms with Gasteiger partial charge in [0.25, 0.3) is 0 Å². The van der Waals surface area contributed by atoms with Crippen LogP contribution in [0.15, 0.2) is 60.8 Å². The number of nitrogens with zero attached hydrogens (tertiary/aromatic N) is 1. The van der Waals surface area contributed by atoms with Crippen LogP contribution in [0.4, 0.5) is 4.79 Å². The van der Waals surface area contributed by atoms with Crippen molar-refractivity contribution in [1.82, 2.24) is 9.88 Å². The molecule has 3 aromatic rings. The van der Waals surface area contributed by atoms with Crippen molar-refractivity contribution in [3.63, 3.8) is 0 Å². The van der Waals surface area contributed by atoms with E-state index < -0.39 is 18.1 Å². The van der Waals surface area contributed by atoms with Gasteiger partial charge in [-0.2, -0.15) is 11.8 Å². The molecule has 190 valence electrons. The van der Waals surface area contributed by atoms with Crippen molar-refractivity contribution in [3.05, 3.63) is 76.9 Å². The quantitative estimate of drug-likeness (QED) is 0.412. The van der Waals surface area contributed by atoms with Crippen LogP contribution in [0, 0.1) is 5.92 Å². The number of carboxylic acids is 1. The number of rotatable bonds is 10. The number of hydrogen-bond donors (Lipinski definition) is 2. The van der Waals surface area contributed by atoms with E-state index >= 15 is 0 Å². The topological polar surface area (TPSA) is 80.6 Å². The summed E-state index contributed by atoms with van der Waals surface area (Å²) in [6, 6.07) is 17.9. The molecule has 1 amide bonds. The van der Waals surface area contributed by atoms with Crippen LogP contribution in [0.5, 0.6) is 0 Å². The Bertz CT molecular complexity index is 1280. The van der Waals surface area contributed by atoms with Gasteiger partial charge in [-0.05, 0) is 59.9 Å². The van der Waals surface area contributed by atoms with Gasteiger partial charge < -0.3 is 19.7 Å². The van der Waals surface area contributed by atoms with E-state index in [-0.39, 0.29) is 18.3 Å². The van der Waals surface area contributed by atoms with Crippen molar-refractivity contribution in [2.45, 2.75) is 39.5 Å². The number of aliphatic carboxylic acids is 1. The second-order valence-corrected chi connectivity index (χ2v) is 9.92. The number of ether oxygens (including phenoxy) is 1. The molecule has 0 aliphatic carbocycles. The van der Waals surface area contributed by atoms with Crippen molar-refractivity contribution < 1.29 is 19.4 Å². The molecular formula is C29H34N2O4S. The number of carbonyl (C=O) groups excluding carboxylic acids is 1. The lowest BCUT2D eigenvalue weighted by atomic mass is 10.0. The predicted molar refractivity (Wildman–Crippen MR) is 148 cm³/mol. The maximum absolute atomic E-state index is 11.8. The van der Waals surface area contributed by atoms with Gasteiger partial charge in [-0.15, -0.1) is 0 Å². The van der Waals surface area contributed by atoms with Crippen LogP contribution in [-0.4, -0.2) is 40.1 Å². The maximum Gasteiger partial charge on any atom is 0.407 e. The lowest BCUT2D eigenvalue weighted by Crippen LogP contribution is -2.43. The van der Waals surface area contributed by atoms with Gasteiger partial charge in [0.15, 0.2) is 0 Å². The summed E-state index contributed by atoms with van der Waals surface area (Å²) in [6.45, 7) is 8.19. The lowest BCUT2D eigenvalue weighted by molar-refractivity contribution is -0.138. The Morgan fingerprint density at radius 2 is 1.64 bits per heavy atom. The SMILES string of the molecule is C/C=c1/ccn(-c2ccc(-c3ccc(CSCC(NC(=O)OCC(C)C)C(=O)O)cc3)cc2)/c1=C/C. The van der Waals surface area contributed by atoms with Crippen molar-refractivity contribution >= 4 is 36.0 Å². The molecule has 7 heteroatoms. The molecule has 0 fully saturated rings. The molecule has 2 aromatic carbocycles. The van der Waals surface area contributed by atoms with E-state index in [0.29, 0.717) is 5.75 Å². The Kier molecular flexibility index (Phi) is 9.82. The number of hydrogen-bond acceptors (Lipinski definition) is 4. The molecule has 1 unspecified atom stereocenters. The molecule has 3 rings (SSSR count). The molecule has 1 atom stereocenters. The van der Waals surface area contributed by atoms with Gasteiger partial charge >= 0.3 is 12.1 Å². The fourth-order valence-electron chi connectivity index (χ4n) is 3.74. The first-order chi connectivity index (χ1) is 17.3. The average molecular weight is 507 g/mol. The summed E-state index contributed by atoms with van der Waals surface area (Å²) in [4.78, 5) is 23.3. The Morgan fingerprint density at radius 3 is 2.19 bits per heavy atom. The van der Waals surface area contributed by atoms with E-state index in [2.05, 4.69) is 82.8 Å². The number of benzene rings is 2. The van der Waals surface area contributed by atoms with Crippen LogP contribution in [0.2, 0.25) is 0 Å². The van der Waals surface area contributed by atoms with Crippen LogP contribution in [0.25, 0.3) is 29.0 Å². The van der Waals surface area contributed by atoms with Gasteiger partial charge in [-0.25, -0.2) is 9.59 Å². The second-order valence-electron chi connectivity index (χ2n) is 8.89. The standard InChI is InChI=1S/C29H34N2O4S/c1-5-22-15-16-31(27(22)6-2)25-13-11-24(12-14-25)23-9-7-21(8-10-23)18-36-19-26(28(32)33)30-29(34)35-17-20(3)4/h5-16,20,26H,17-19H2,1-4H3,(H,30,34)(H,32,33)/b22-5-,27-6+. The second kappa shape index (κ2) is 13.0. The molecule has 0 radical (unpaired) electrons. The van der Waals surface area contributed by atoms with E-state index in [1.54, 1.807) is 0 Å². The largest absolute Gasteiger partial charge is 0.480 e. The van der Waals surface area contributed by atoms with E-state index in [9.17, 15) is 14.7 Å². The van der Waals surface area contributed by atoms with Crippen molar-refractivity contribution in [2.75, 3.05) is 12.4 Å². The van der Waals surface area contributed by atoms with Gasteiger partial charge in [0.05, 0.1) is 6.61 Å². The van der Waals surface area contributed by atoms with Crippen LogP contribution < -0.4 is 15.9 Å². The molecule has 1 aromatic heterocycles. The zero-order valence-electron chi connectivity index (χ0n) is 21.2. The fourth-order valence-corrected chi connectivity index (χ4v) is 4.75. The smallest absolute Gasteiger partial charge is 0.407 e. The molecule has 6 nitrogen and oxygen atoms in total. The minimum absolute atomic E-state index is 0.189. The van der Waals surface area contributed by atoms with E-state index in [4.69, 9.17) is 4.74 Å². The van der Waals surface area contributed by atoms with Crippen LogP contribution in [0.3, 0.4) is 0 Å². The van der Waals surface area contributed by atoms with E-state index in [0.717, 1.165) is 22.4 Å². The fraction of sp³-hybridized carbons (Fsp3) is 0.310. The zero-order valence-corrected chi connectivity index (χ0v) is 22.0. The van der Waals surface area contributed by atoms with Gasteiger partial charge in [0, 0.05) is 28.7 Å². The third-order valence-electron chi connectivity index (χ3n) is 5.67. The summed E-state index contributed by atoms with van der Waals surface area (Å²) >= 11 is 1.46. The lowest BCUT2D eigenvalue weighted by Gasteiger charge is -2.15. The molecule has 1 heterocycles. The highest BCUT2D eigenvalue weighted by Crippen LogP contribution is 2.23. The van der Waals surface area contributed by atoms with Gasteiger partial charge in [-0.1, -0.05) is 62.4 Å². The first-order valence-electron chi connectivity index (χ1n) is 12.1. The number of thioether (sulfide) groups is 1. The maximum atomic E-state index is 11.8. The Labute approximate surface area is 216 Å². The normalized spacial score (nSPS) is 13.1. The van der Waals surface area contributed by atoms with Crippen molar-refractivity contribution in [2.24, 2.45) is 5.92 Å². The summed E-state index contributed by atoms with van der Waals surface area (Å²) in [5, 5.41) is 14.2. The van der Waals surface area contributed by atoms with Crippen LogP contribution >= 0.6 is 11.8 Å². The number of aromatic nitrogens is 1. The predicted octanol–water partition coefficient (Wildman–Crippen LogP) is 4.81. The zero-order chi connectivity index (χ0) is 26.1. The summed E-state index contributed by atoms with van der Waals surface area (Å²) in [7, 11) is 0. The average Bonchev–Trinajstić information content (AvgIpc) is 3.30. The highest BCUT2D eigenvalue weighted by molar-refractivity contribution is 7.98. The monoisotopic (exact) mass is 506 g/mol. The molecular weight excluding hydrogens is 472 g/mol. The minimum atomic E-state index is -1.07. The molecule has 0 spiro atoms. The van der Waals surface area contributed by atoms with Gasteiger partial charge in [0.1, 0.15) is 6.04 Å². The third kappa shape index (κ3) is 7.28. The summed E-state index contributed by atoms with van der Waals surface area (Å²) in [6.07, 6.45) is 5.62. The first-order valence-corrected chi connectivity index (χ1v) is 13.2.